The molecule has 2 N–H and O–H groups in total. The van der Waals surface area contributed by atoms with Crippen molar-refractivity contribution >= 4 is 11.9 Å². The van der Waals surface area contributed by atoms with Gasteiger partial charge in [0, 0.05) is 19.4 Å². The highest BCUT2D eigenvalue weighted by Crippen LogP contribution is 2.35. The number of nitrogens with one attached hydrogen (secondary N) is 1. The van der Waals surface area contributed by atoms with Gasteiger partial charge in [-0.3, -0.25) is 9.59 Å². The second kappa shape index (κ2) is 6.29. The van der Waals surface area contributed by atoms with E-state index in [9.17, 15) is 14.7 Å². The van der Waals surface area contributed by atoms with E-state index in [0.717, 1.165) is 19.3 Å². The summed E-state index contributed by atoms with van der Waals surface area (Å²) in [6, 6.07) is 0. The Morgan fingerprint density at radius 2 is 1.94 bits per heavy atom. The number of carboxylic acids is 1. The van der Waals surface area contributed by atoms with E-state index in [4.69, 9.17) is 6.42 Å². The number of carboxylic acid groups (broad SMARTS) is 1. The third kappa shape index (κ3) is 3.77. The molecule has 0 aromatic rings. The minimum atomic E-state index is -0.797. The molecule has 0 heterocycles. The highest BCUT2D eigenvalue weighted by atomic mass is 16.4. The maximum Gasteiger partial charge on any atom is 0.311 e. The number of carbonyl (C=O) groups excluding carboxylic acids is 1. The lowest BCUT2D eigenvalue weighted by atomic mass is 9.74. The molecule has 4 heteroatoms. The quantitative estimate of drug-likeness (QED) is 0.713. The topological polar surface area (TPSA) is 66.4 Å². The van der Waals surface area contributed by atoms with E-state index >= 15 is 0 Å². The zero-order valence-corrected chi connectivity index (χ0v) is 10.00. The van der Waals surface area contributed by atoms with Gasteiger partial charge in [0.2, 0.25) is 5.91 Å². The Balaban J connectivity index is 2.48. The highest BCUT2D eigenvalue weighted by Gasteiger charge is 2.39. The normalized spacial score (nSPS) is 18.1. The molecule has 1 saturated carbocycles. The first-order valence-electron chi connectivity index (χ1n) is 6.04. The summed E-state index contributed by atoms with van der Waals surface area (Å²) in [6.07, 6.45) is 9.96. The summed E-state index contributed by atoms with van der Waals surface area (Å²) in [6.45, 7) is 0.228. The standard InChI is InChI=1S/C13H19NO3/c1-2-3-7-11(15)14-10-13(12(16)17)8-5-4-6-9-13/h1H,3-10H2,(H,14,15)(H,16,17). The maximum atomic E-state index is 11.4. The summed E-state index contributed by atoms with van der Waals surface area (Å²) in [4.78, 5) is 22.7. The van der Waals surface area contributed by atoms with E-state index in [1.807, 2.05) is 0 Å². The van der Waals surface area contributed by atoms with Gasteiger partial charge in [-0.05, 0) is 12.8 Å². The van der Waals surface area contributed by atoms with Crippen molar-refractivity contribution in [3.63, 3.8) is 0 Å². The molecule has 0 aliphatic heterocycles. The molecule has 0 atom stereocenters. The number of hydrogen-bond acceptors (Lipinski definition) is 2. The van der Waals surface area contributed by atoms with Crippen molar-refractivity contribution in [3.8, 4) is 12.3 Å². The highest BCUT2D eigenvalue weighted by molar-refractivity contribution is 5.79. The molecule has 1 fully saturated rings. The van der Waals surface area contributed by atoms with Crippen molar-refractivity contribution < 1.29 is 14.7 Å². The predicted octanol–water partition coefficient (Wildman–Crippen LogP) is 1.55. The monoisotopic (exact) mass is 237 g/mol. The number of terminal acetylenes is 1. The lowest BCUT2D eigenvalue weighted by Gasteiger charge is -2.33. The van der Waals surface area contributed by atoms with Crippen LogP contribution in [0.25, 0.3) is 0 Å². The Hall–Kier alpha value is -1.50. The zero-order valence-electron chi connectivity index (χ0n) is 10.00. The Labute approximate surface area is 102 Å². The fourth-order valence-corrected chi connectivity index (χ4v) is 2.24. The molecular formula is C13H19NO3. The van der Waals surface area contributed by atoms with Crippen LogP contribution >= 0.6 is 0 Å². The van der Waals surface area contributed by atoms with E-state index in [2.05, 4.69) is 11.2 Å². The minimum absolute atomic E-state index is 0.158. The third-order valence-electron chi connectivity index (χ3n) is 3.38. The number of aliphatic carboxylic acids is 1. The number of carbonyl (C=O) groups is 2. The van der Waals surface area contributed by atoms with E-state index in [0.29, 0.717) is 19.3 Å². The van der Waals surface area contributed by atoms with E-state index < -0.39 is 11.4 Å². The van der Waals surface area contributed by atoms with Gasteiger partial charge < -0.3 is 10.4 Å². The number of hydrogen-bond donors (Lipinski definition) is 2. The summed E-state index contributed by atoms with van der Waals surface area (Å²) in [5.74, 6) is 1.44. The Morgan fingerprint density at radius 3 is 2.47 bits per heavy atom. The molecule has 4 nitrogen and oxygen atoms in total. The lowest BCUT2D eigenvalue weighted by molar-refractivity contribution is -0.151. The van der Waals surface area contributed by atoms with Crippen LogP contribution in [0.1, 0.15) is 44.9 Å². The smallest absolute Gasteiger partial charge is 0.311 e. The van der Waals surface area contributed by atoms with Crippen molar-refractivity contribution in [2.45, 2.75) is 44.9 Å². The van der Waals surface area contributed by atoms with Gasteiger partial charge in [0.1, 0.15) is 0 Å². The van der Waals surface area contributed by atoms with Gasteiger partial charge in [0.25, 0.3) is 0 Å². The van der Waals surface area contributed by atoms with Crippen LogP contribution in [-0.2, 0) is 9.59 Å². The lowest BCUT2D eigenvalue weighted by Crippen LogP contribution is -2.44. The molecule has 0 unspecified atom stereocenters. The molecule has 0 spiro atoms. The maximum absolute atomic E-state index is 11.4. The van der Waals surface area contributed by atoms with Crippen LogP contribution in [-0.4, -0.2) is 23.5 Å². The molecule has 1 amide bonds. The summed E-state index contributed by atoms with van der Waals surface area (Å²) in [7, 11) is 0. The average molecular weight is 237 g/mol. The van der Waals surface area contributed by atoms with Crippen molar-refractivity contribution in [1.82, 2.24) is 5.32 Å². The first kappa shape index (κ1) is 13.6. The van der Waals surface area contributed by atoms with Crippen LogP contribution in [0.3, 0.4) is 0 Å². The molecule has 0 saturated heterocycles. The molecule has 1 rings (SSSR count). The second-order valence-electron chi connectivity index (χ2n) is 4.63. The summed E-state index contributed by atoms with van der Waals surface area (Å²) in [5.41, 5.74) is -0.760. The van der Waals surface area contributed by atoms with Crippen molar-refractivity contribution in [2.75, 3.05) is 6.54 Å². The van der Waals surface area contributed by atoms with Crippen LogP contribution in [0, 0.1) is 17.8 Å². The molecule has 0 radical (unpaired) electrons. The fourth-order valence-electron chi connectivity index (χ4n) is 2.24. The second-order valence-corrected chi connectivity index (χ2v) is 4.63. The predicted molar refractivity (Wildman–Crippen MR) is 64.2 cm³/mol. The van der Waals surface area contributed by atoms with Crippen molar-refractivity contribution in [1.29, 1.82) is 0 Å². The van der Waals surface area contributed by atoms with Crippen LogP contribution in [0.15, 0.2) is 0 Å². The van der Waals surface area contributed by atoms with Gasteiger partial charge in [0.05, 0.1) is 5.41 Å². The van der Waals surface area contributed by atoms with Crippen LogP contribution in [0.5, 0.6) is 0 Å². The summed E-state index contributed by atoms with van der Waals surface area (Å²) < 4.78 is 0. The van der Waals surface area contributed by atoms with Crippen LogP contribution in [0.2, 0.25) is 0 Å². The van der Waals surface area contributed by atoms with Gasteiger partial charge in [-0.25, -0.2) is 0 Å². The van der Waals surface area contributed by atoms with Crippen LogP contribution < -0.4 is 5.32 Å². The van der Waals surface area contributed by atoms with Gasteiger partial charge in [-0.1, -0.05) is 19.3 Å². The van der Waals surface area contributed by atoms with Gasteiger partial charge in [0.15, 0.2) is 0 Å². The van der Waals surface area contributed by atoms with Gasteiger partial charge in [-0.2, -0.15) is 0 Å². The molecule has 1 aliphatic carbocycles. The Kier molecular flexibility index (Phi) is 5.02. The summed E-state index contributed by atoms with van der Waals surface area (Å²) in [5, 5.41) is 12.0. The molecule has 0 aromatic heterocycles. The summed E-state index contributed by atoms with van der Waals surface area (Å²) >= 11 is 0. The van der Waals surface area contributed by atoms with Crippen LogP contribution in [0.4, 0.5) is 0 Å². The Bertz CT molecular complexity index is 324. The minimum Gasteiger partial charge on any atom is -0.481 e. The zero-order chi connectivity index (χ0) is 12.7. The first-order valence-corrected chi connectivity index (χ1v) is 6.04. The van der Waals surface area contributed by atoms with E-state index in [1.165, 1.54) is 0 Å². The molecule has 1 aliphatic rings. The van der Waals surface area contributed by atoms with Crippen molar-refractivity contribution in [2.24, 2.45) is 5.41 Å². The van der Waals surface area contributed by atoms with E-state index in [1.54, 1.807) is 0 Å². The number of amides is 1. The molecule has 0 bridgehead atoms. The molecule has 0 aromatic carbocycles. The Morgan fingerprint density at radius 1 is 1.29 bits per heavy atom. The van der Waals surface area contributed by atoms with Gasteiger partial charge >= 0.3 is 5.97 Å². The van der Waals surface area contributed by atoms with Gasteiger partial charge in [-0.15, -0.1) is 12.3 Å². The van der Waals surface area contributed by atoms with E-state index in [-0.39, 0.29) is 18.9 Å². The molecule has 94 valence electrons. The molecular weight excluding hydrogens is 218 g/mol. The first-order chi connectivity index (χ1) is 8.10. The molecule has 17 heavy (non-hydrogen) atoms. The largest absolute Gasteiger partial charge is 0.481 e. The fraction of sp³-hybridized carbons (Fsp3) is 0.692. The SMILES string of the molecule is C#CCCC(=O)NCC1(C(=O)O)CCCCC1. The average Bonchev–Trinajstić information content (AvgIpc) is 2.34. The number of rotatable bonds is 5. The third-order valence-corrected chi connectivity index (χ3v) is 3.38. The van der Waals surface area contributed by atoms with Crippen molar-refractivity contribution in [3.05, 3.63) is 0 Å².